The van der Waals surface area contributed by atoms with E-state index >= 15 is 0 Å². The first-order valence-corrected chi connectivity index (χ1v) is 7.84. The Morgan fingerprint density at radius 1 is 1.16 bits per heavy atom. The van der Waals surface area contributed by atoms with Gasteiger partial charge >= 0.3 is 0 Å². The normalized spacial score (nSPS) is 10.6. The molecule has 0 aliphatic rings. The third-order valence-corrected chi connectivity index (χ3v) is 3.76. The molecule has 0 heterocycles. The van der Waals surface area contributed by atoms with Crippen LogP contribution < -0.4 is 19.6 Å². The van der Waals surface area contributed by atoms with Gasteiger partial charge in [0.15, 0.2) is 6.61 Å². The van der Waals surface area contributed by atoms with E-state index in [-0.39, 0.29) is 12.5 Å². The molecular weight excluding hydrogens is 344 g/mol. The highest BCUT2D eigenvalue weighted by Gasteiger charge is 2.05. The van der Waals surface area contributed by atoms with Crippen molar-refractivity contribution in [1.82, 2.24) is 5.43 Å². The van der Waals surface area contributed by atoms with Crippen molar-refractivity contribution in [3.63, 3.8) is 0 Å². The second kappa shape index (κ2) is 8.94. The molecule has 1 N–H and O–H groups in total. The minimum Gasteiger partial charge on any atom is -0.497 e. The van der Waals surface area contributed by atoms with Crippen molar-refractivity contribution >= 4 is 23.7 Å². The van der Waals surface area contributed by atoms with E-state index in [1.165, 1.54) is 6.21 Å². The number of rotatable bonds is 7. The largest absolute Gasteiger partial charge is 0.497 e. The lowest BCUT2D eigenvalue weighted by atomic mass is 10.2. The highest BCUT2D eigenvalue weighted by molar-refractivity contribution is 6.31. The molecule has 7 heteroatoms. The zero-order chi connectivity index (χ0) is 18.2. The van der Waals surface area contributed by atoms with Gasteiger partial charge in [0.1, 0.15) is 17.2 Å². The quantitative estimate of drug-likeness (QED) is 0.606. The fraction of sp³-hybridized carbons (Fsp3) is 0.222. The average Bonchev–Trinajstić information content (AvgIpc) is 2.62. The number of nitrogens with one attached hydrogen (secondary N) is 1. The number of carbonyl (C=O) groups is 1. The van der Waals surface area contributed by atoms with Crippen molar-refractivity contribution in [2.45, 2.75) is 6.92 Å². The van der Waals surface area contributed by atoms with Crippen molar-refractivity contribution in [3.05, 3.63) is 52.5 Å². The summed E-state index contributed by atoms with van der Waals surface area (Å²) >= 11 is 5.94. The minimum absolute atomic E-state index is 0.155. The first-order valence-electron chi connectivity index (χ1n) is 7.46. The van der Waals surface area contributed by atoms with Crippen molar-refractivity contribution in [2.75, 3.05) is 20.8 Å². The molecule has 2 rings (SSSR count). The van der Waals surface area contributed by atoms with Crippen molar-refractivity contribution in [1.29, 1.82) is 0 Å². The number of aryl methyl sites for hydroxylation is 1. The number of benzene rings is 2. The molecule has 0 saturated carbocycles. The van der Waals surface area contributed by atoms with Gasteiger partial charge in [0.2, 0.25) is 0 Å². The smallest absolute Gasteiger partial charge is 0.277 e. The zero-order valence-corrected chi connectivity index (χ0v) is 15.0. The standard InChI is InChI=1S/C18H19ClN2O4/c1-12-8-15(6-7-16(12)19)25-11-18(22)21-20-10-13-4-5-14(23-2)9-17(13)24-3/h4-10H,11H2,1-3H3,(H,21,22). The van der Waals surface area contributed by atoms with Gasteiger partial charge < -0.3 is 14.2 Å². The average molecular weight is 363 g/mol. The van der Waals surface area contributed by atoms with Crippen LogP contribution >= 0.6 is 11.6 Å². The van der Waals surface area contributed by atoms with E-state index < -0.39 is 0 Å². The predicted octanol–water partition coefficient (Wildman–Crippen LogP) is 3.19. The summed E-state index contributed by atoms with van der Waals surface area (Å²) in [5, 5.41) is 4.55. The molecule has 0 aromatic heterocycles. The van der Waals surface area contributed by atoms with Gasteiger partial charge in [0.05, 0.1) is 20.4 Å². The van der Waals surface area contributed by atoms with E-state index in [9.17, 15) is 4.79 Å². The number of methoxy groups -OCH3 is 2. The van der Waals surface area contributed by atoms with Gasteiger partial charge in [-0.05, 0) is 42.8 Å². The molecule has 132 valence electrons. The van der Waals surface area contributed by atoms with Crippen LogP contribution in [-0.2, 0) is 4.79 Å². The lowest BCUT2D eigenvalue weighted by Crippen LogP contribution is -2.24. The summed E-state index contributed by atoms with van der Waals surface area (Å²) in [5.74, 6) is 1.45. The number of hydrazone groups is 1. The summed E-state index contributed by atoms with van der Waals surface area (Å²) in [6, 6.07) is 10.5. The Hall–Kier alpha value is -2.73. The first-order chi connectivity index (χ1) is 12.0. The van der Waals surface area contributed by atoms with Crippen LogP contribution in [0.5, 0.6) is 17.2 Å². The molecule has 0 bridgehead atoms. The third-order valence-electron chi connectivity index (χ3n) is 3.33. The topological polar surface area (TPSA) is 69.2 Å². The summed E-state index contributed by atoms with van der Waals surface area (Å²) in [4.78, 5) is 11.8. The maximum absolute atomic E-state index is 11.8. The molecule has 0 aliphatic carbocycles. The lowest BCUT2D eigenvalue weighted by molar-refractivity contribution is -0.123. The molecule has 0 unspecified atom stereocenters. The van der Waals surface area contributed by atoms with Gasteiger partial charge in [0, 0.05) is 16.7 Å². The highest BCUT2D eigenvalue weighted by atomic mass is 35.5. The molecular formula is C18H19ClN2O4. The number of hydrogen-bond acceptors (Lipinski definition) is 5. The van der Waals surface area contributed by atoms with Gasteiger partial charge in [-0.25, -0.2) is 5.43 Å². The van der Waals surface area contributed by atoms with E-state index in [0.29, 0.717) is 27.8 Å². The maximum atomic E-state index is 11.8. The number of amides is 1. The zero-order valence-electron chi connectivity index (χ0n) is 14.2. The molecule has 0 aliphatic heterocycles. The predicted molar refractivity (Wildman–Crippen MR) is 97.0 cm³/mol. The molecule has 0 atom stereocenters. The van der Waals surface area contributed by atoms with Crippen molar-refractivity contribution in [3.8, 4) is 17.2 Å². The van der Waals surface area contributed by atoms with Gasteiger partial charge in [-0.3, -0.25) is 4.79 Å². The van der Waals surface area contributed by atoms with Gasteiger partial charge in [0.25, 0.3) is 5.91 Å². The van der Waals surface area contributed by atoms with Crippen LogP contribution in [0.1, 0.15) is 11.1 Å². The van der Waals surface area contributed by atoms with Crippen molar-refractivity contribution < 1.29 is 19.0 Å². The van der Waals surface area contributed by atoms with E-state index in [2.05, 4.69) is 10.5 Å². The van der Waals surface area contributed by atoms with E-state index in [0.717, 1.165) is 5.56 Å². The number of halogens is 1. The van der Waals surface area contributed by atoms with Crippen LogP contribution in [0.25, 0.3) is 0 Å². The summed E-state index contributed by atoms with van der Waals surface area (Å²) in [7, 11) is 3.12. The van der Waals surface area contributed by atoms with E-state index in [4.69, 9.17) is 25.8 Å². The van der Waals surface area contributed by atoms with Crippen molar-refractivity contribution in [2.24, 2.45) is 5.10 Å². The molecule has 0 fully saturated rings. The summed E-state index contributed by atoms with van der Waals surface area (Å²) < 4.78 is 15.8. The van der Waals surface area contributed by atoms with E-state index in [1.807, 2.05) is 6.92 Å². The second-order valence-electron chi connectivity index (χ2n) is 5.10. The Labute approximate surface area is 151 Å². The van der Waals surface area contributed by atoms with Crippen LogP contribution in [0.4, 0.5) is 0 Å². The monoisotopic (exact) mass is 362 g/mol. The Morgan fingerprint density at radius 3 is 2.60 bits per heavy atom. The molecule has 25 heavy (non-hydrogen) atoms. The number of hydrogen-bond donors (Lipinski definition) is 1. The molecule has 2 aromatic rings. The Kier molecular flexibility index (Phi) is 6.65. The van der Waals surface area contributed by atoms with Crippen LogP contribution in [0.2, 0.25) is 5.02 Å². The number of ether oxygens (including phenoxy) is 3. The SMILES string of the molecule is COc1ccc(C=NNC(=O)COc2ccc(Cl)c(C)c2)c(OC)c1. The van der Waals surface area contributed by atoms with Gasteiger partial charge in [-0.15, -0.1) is 0 Å². The number of carbonyl (C=O) groups excluding carboxylic acids is 1. The fourth-order valence-electron chi connectivity index (χ4n) is 1.99. The molecule has 0 radical (unpaired) electrons. The number of nitrogens with zero attached hydrogens (tertiary/aromatic N) is 1. The van der Waals surface area contributed by atoms with Gasteiger partial charge in [-0.2, -0.15) is 5.10 Å². The molecule has 1 amide bonds. The van der Waals surface area contributed by atoms with Crippen LogP contribution in [0, 0.1) is 6.92 Å². The summed E-state index contributed by atoms with van der Waals surface area (Å²) in [6.07, 6.45) is 1.49. The van der Waals surface area contributed by atoms with Crippen LogP contribution in [0.3, 0.4) is 0 Å². The molecule has 2 aromatic carbocycles. The summed E-state index contributed by atoms with van der Waals surface area (Å²) in [6.45, 7) is 1.71. The fourth-order valence-corrected chi connectivity index (χ4v) is 2.10. The highest BCUT2D eigenvalue weighted by Crippen LogP contribution is 2.23. The Morgan fingerprint density at radius 2 is 1.92 bits per heavy atom. The first kappa shape index (κ1) is 18.6. The Balaban J connectivity index is 1.89. The Bertz CT molecular complexity index is 778. The minimum atomic E-state index is -0.378. The molecule has 0 saturated heterocycles. The maximum Gasteiger partial charge on any atom is 0.277 e. The lowest BCUT2D eigenvalue weighted by Gasteiger charge is -2.08. The van der Waals surface area contributed by atoms with Crippen LogP contribution in [0.15, 0.2) is 41.5 Å². The second-order valence-corrected chi connectivity index (χ2v) is 5.51. The summed E-state index contributed by atoms with van der Waals surface area (Å²) in [5.41, 5.74) is 3.99. The van der Waals surface area contributed by atoms with Crippen LogP contribution in [-0.4, -0.2) is 32.9 Å². The van der Waals surface area contributed by atoms with E-state index in [1.54, 1.807) is 50.6 Å². The van der Waals surface area contributed by atoms with Gasteiger partial charge in [-0.1, -0.05) is 11.6 Å². The molecule has 0 spiro atoms. The third kappa shape index (κ3) is 5.39. The molecule has 6 nitrogen and oxygen atoms in total.